The molecule has 2 aromatic carbocycles. The quantitative estimate of drug-likeness (QED) is 0.699. The van der Waals surface area contributed by atoms with Crippen molar-refractivity contribution in [1.82, 2.24) is 9.88 Å². The molecule has 1 aliphatic heterocycles. The first kappa shape index (κ1) is 19.7. The highest BCUT2D eigenvalue weighted by Crippen LogP contribution is 2.34. The van der Waals surface area contributed by atoms with E-state index in [2.05, 4.69) is 4.98 Å². The molecule has 4 rings (SSSR count). The smallest absolute Gasteiger partial charge is 0.256 e. The number of halogens is 3. The molecule has 1 aromatic heterocycles. The zero-order chi connectivity index (χ0) is 21.6. The van der Waals surface area contributed by atoms with Gasteiger partial charge in [-0.05, 0) is 35.7 Å². The van der Waals surface area contributed by atoms with Crippen molar-refractivity contribution >= 4 is 16.7 Å². The number of pyridine rings is 1. The van der Waals surface area contributed by atoms with Crippen molar-refractivity contribution in [3.8, 4) is 6.07 Å². The van der Waals surface area contributed by atoms with Crippen LogP contribution in [0.2, 0.25) is 0 Å². The molecule has 0 aliphatic carbocycles. The van der Waals surface area contributed by atoms with Crippen LogP contribution in [0.4, 0.5) is 13.2 Å². The number of amides is 1. The van der Waals surface area contributed by atoms with Crippen molar-refractivity contribution in [2.45, 2.75) is 12.6 Å². The summed E-state index contributed by atoms with van der Waals surface area (Å²) in [6.07, 6.45) is 0. The standard InChI is InChI=1S/C21H14F3N3O3/c1-27(21(29)10-2-3-11(7-25)14(22)4-10)18-9-30-8-17-19(18)12-5-15(23)16(24)6-13(12)20(28)26-17/h2-6,18H,8-9H2,1H3,(H,26,28)/t18-/m0/s1. The number of rotatable bonds is 2. The molecule has 9 heteroatoms. The number of nitriles is 1. The molecule has 1 N–H and O–H groups in total. The van der Waals surface area contributed by atoms with Gasteiger partial charge in [0.1, 0.15) is 11.9 Å². The molecule has 1 amide bonds. The molecule has 1 aliphatic rings. The summed E-state index contributed by atoms with van der Waals surface area (Å²) in [7, 11) is 1.46. The molecule has 152 valence electrons. The molecule has 30 heavy (non-hydrogen) atoms. The Bertz CT molecular complexity index is 1300. The van der Waals surface area contributed by atoms with Gasteiger partial charge in [-0.15, -0.1) is 0 Å². The molecule has 2 heterocycles. The predicted octanol–water partition coefficient (Wildman–Crippen LogP) is 3.16. The van der Waals surface area contributed by atoms with Crippen LogP contribution < -0.4 is 5.56 Å². The first-order valence-electron chi connectivity index (χ1n) is 8.90. The molecule has 0 saturated heterocycles. The summed E-state index contributed by atoms with van der Waals surface area (Å²) < 4.78 is 47.1. The number of carbonyl (C=O) groups excluding carboxylic acids is 1. The van der Waals surface area contributed by atoms with E-state index >= 15 is 0 Å². The molecular weight excluding hydrogens is 399 g/mol. The van der Waals surface area contributed by atoms with Crippen molar-refractivity contribution < 1.29 is 22.7 Å². The molecule has 0 unspecified atom stereocenters. The van der Waals surface area contributed by atoms with E-state index in [4.69, 9.17) is 10.00 Å². The number of H-pyrrole nitrogens is 1. The summed E-state index contributed by atoms with van der Waals surface area (Å²) in [6.45, 7) is 0.0671. The maximum absolute atomic E-state index is 14.0. The van der Waals surface area contributed by atoms with Crippen molar-refractivity contribution in [1.29, 1.82) is 5.26 Å². The second kappa shape index (κ2) is 7.31. The maximum Gasteiger partial charge on any atom is 0.256 e. The number of ether oxygens (including phenoxy) is 1. The van der Waals surface area contributed by atoms with Crippen molar-refractivity contribution in [3.63, 3.8) is 0 Å². The Hall–Kier alpha value is -3.64. The van der Waals surface area contributed by atoms with Gasteiger partial charge in [-0.3, -0.25) is 9.59 Å². The number of hydrogen-bond donors (Lipinski definition) is 1. The minimum atomic E-state index is -1.16. The SMILES string of the molecule is CN(C(=O)c1ccc(C#N)c(F)c1)[C@H]1COCc2[nH]c(=O)c3cc(F)c(F)cc3c21. The average Bonchev–Trinajstić information content (AvgIpc) is 2.73. The molecule has 0 bridgehead atoms. The summed E-state index contributed by atoms with van der Waals surface area (Å²) >= 11 is 0. The lowest BCUT2D eigenvalue weighted by molar-refractivity contribution is 0.0335. The van der Waals surface area contributed by atoms with E-state index in [1.165, 1.54) is 24.1 Å². The van der Waals surface area contributed by atoms with Gasteiger partial charge in [0, 0.05) is 23.9 Å². The fourth-order valence-electron chi connectivity index (χ4n) is 3.63. The van der Waals surface area contributed by atoms with E-state index in [-0.39, 0.29) is 35.1 Å². The van der Waals surface area contributed by atoms with Crippen LogP contribution in [-0.2, 0) is 11.3 Å². The minimum absolute atomic E-state index is 0.00655. The monoisotopic (exact) mass is 413 g/mol. The number of fused-ring (bicyclic) bond motifs is 3. The largest absolute Gasteiger partial charge is 0.373 e. The summed E-state index contributed by atoms with van der Waals surface area (Å²) in [6, 6.07) is 6.16. The van der Waals surface area contributed by atoms with Crippen molar-refractivity contribution in [3.05, 3.63) is 80.5 Å². The first-order chi connectivity index (χ1) is 14.3. The van der Waals surface area contributed by atoms with E-state index < -0.39 is 35.0 Å². The second-order valence-corrected chi connectivity index (χ2v) is 6.91. The lowest BCUT2D eigenvalue weighted by Gasteiger charge is -2.34. The summed E-state index contributed by atoms with van der Waals surface area (Å²) in [4.78, 5) is 29.1. The minimum Gasteiger partial charge on any atom is -0.373 e. The summed E-state index contributed by atoms with van der Waals surface area (Å²) in [5.74, 6) is -3.68. The number of hydrogen-bond acceptors (Lipinski definition) is 4. The number of carbonyl (C=O) groups is 1. The third-order valence-electron chi connectivity index (χ3n) is 5.16. The predicted molar refractivity (Wildman–Crippen MR) is 100 cm³/mol. The summed E-state index contributed by atoms with van der Waals surface area (Å²) in [5.41, 5.74) is -0.0103. The normalized spacial score (nSPS) is 15.5. The highest BCUT2D eigenvalue weighted by molar-refractivity contribution is 5.95. The fraction of sp³-hybridized carbons (Fsp3) is 0.190. The molecule has 0 fully saturated rings. The van der Waals surface area contributed by atoms with Gasteiger partial charge < -0.3 is 14.6 Å². The van der Waals surface area contributed by atoms with Gasteiger partial charge >= 0.3 is 0 Å². The third-order valence-corrected chi connectivity index (χ3v) is 5.16. The Morgan fingerprint density at radius 2 is 1.87 bits per heavy atom. The van der Waals surface area contributed by atoms with E-state index in [0.717, 1.165) is 18.2 Å². The number of nitrogens with one attached hydrogen (secondary N) is 1. The van der Waals surface area contributed by atoms with Gasteiger partial charge in [-0.25, -0.2) is 13.2 Å². The molecule has 0 saturated carbocycles. The van der Waals surface area contributed by atoms with Gasteiger partial charge in [0.25, 0.3) is 11.5 Å². The fourth-order valence-corrected chi connectivity index (χ4v) is 3.63. The second-order valence-electron chi connectivity index (χ2n) is 6.91. The summed E-state index contributed by atoms with van der Waals surface area (Å²) in [5, 5.41) is 8.97. The van der Waals surface area contributed by atoms with E-state index in [1.807, 2.05) is 0 Å². The maximum atomic E-state index is 14.0. The first-order valence-corrected chi connectivity index (χ1v) is 8.90. The van der Waals surface area contributed by atoms with E-state index in [0.29, 0.717) is 11.3 Å². The number of benzene rings is 2. The number of aromatic nitrogens is 1. The van der Waals surface area contributed by atoms with Gasteiger partial charge in [0.05, 0.1) is 30.2 Å². The number of nitrogens with zero attached hydrogens (tertiary/aromatic N) is 2. The Labute approximate surface area is 168 Å². The van der Waals surface area contributed by atoms with Crippen LogP contribution in [0.5, 0.6) is 0 Å². The molecule has 3 aromatic rings. The zero-order valence-corrected chi connectivity index (χ0v) is 15.6. The lowest BCUT2D eigenvalue weighted by atomic mass is 9.95. The zero-order valence-electron chi connectivity index (χ0n) is 15.6. The van der Waals surface area contributed by atoms with Gasteiger partial charge in [-0.2, -0.15) is 5.26 Å². The molecule has 6 nitrogen and oxygen atoms in total. The molecule has 0 radical (unpaired) electrons. The van der Waals surface area contributed by atoms with Gasteiger partial charge in [0.2, 0.25) is 0 Å². The average molecular weight is 413 g/mol. The van der Waals surface area contributed by atoms with Crippen LogP contribution >= 0.6 is 0 Å². The Kier molecular flexibility index (Phi) is 4.79. The van der Waals surface area contributed by atoms with Crippen LogP contribution in [0.15, 0.2) is 35.1 Å². The van der Waals surface area contributed by atoms with Crippen LogP contribution in [0.3, 0.4) is 0 Å². The van der Waals surface area contributed by atoms with E-state index in [9.17, 15) is 22.8 Å². The lowest BCUT2D eigenvalue weighted by Crippen LogP contribution is -2.37. The highest BCUT2D eigenvalue weighted by atomic mass is 19.2. The highest BCUT2D eigenvalue weighted by Gasteiger charge is 2.31. The van der Waals surface area contributed by atoms with Gasteiger partial charge in [0.15, 0.2) is 11.6 Å². The van der Waals surface area contributed by atoms with E-state index in [1.54, 1.807) is 6.07 Å². The number of aromatic amines is 1. The number of likely N-dealkylation sites (N-methyl/N-ethyl adjacent to an activating group) is 1. The van der Waals surface area contributed by atoms with Crippen molar-refractivity contribution in [2.75, 3.05) is 13.7 Å². The van der Waals surface area contributed by atoms with Crippen LogP contribution in [0.1, 0.15) is 33.2 Å². The Balaban J connectivity index is 1.82. The molecular formula is C21H14F3N3O3. The Morgan fingerprint density at radius 1 is 1.17 bits per heavy atom. The third kappa shape index (κ3) is 3.11. The van der Waals surface area contributed by atoms with Crippen LogP contribution in [0, 0.1) is 28.8 Å². The van der Waals surface area contributed by atoms with Crippen LogP contribution in [0.25, 0.3) is 10.8 Å². The topological polar surface area (TPSA) is 86.2 Å². The van der Waals surface area contributed by atoms with Crippen molar-refractivity contribution in [2.24, 2.45) is 0 Å². The molecule has 0 spiro atoms. The Morgan fingerprint density at radius 3 is 2.53 bits per heavy atom. The molecule has 1 atom stereocenters. The van der Waals surface area contributed by atoms with Crippen LogP contribution in [-0.4, -0.2) is 29.4 Å². The van der Waals surface area contributed by atoms with Gasteiger partial charge in [-0.1, -0.05) is 0 Å².